The van der Waals surface area contributed by atoms with E-state index in [0.29, 0.717) is 6.61 Å². The SMILES string of the molecule is COCC(C)(C)Oc1cccc(Br)c1. The molecular weight excluding hydrogens is 244 g/mol. The summed E-state index contributed by atoms with van der Waals surface area (Å²) in [6.07, 6.45) is 0. The van der Waals surface area contributed by atoms with Crippen molar-refractivity contribution in [2.24, 2.45) is 0 Å². The number of ether oxygens (including phenoxy) is 2. The summed E-state index contributed by atoms with van der Waals surface area (Å²) in [7, 11) is 1.67. The van der Waals surface area contributed by atoms with Crippen LogP contribution in [0.3, 0.4) is 0 Å². The fourth-order valence-electron chi connectivity index (χ4n) is 1.23. The van der Waals surface area contributed by atoms with Gasteiger partial charge >= 0.3 is 0 Å². The second-order valence-corrected chi connectivity index (χ2v) is 4.67. The Morgan fingerprint density at radius 2 is 2.07 bits per heavy atom. The Hall–Kier alpha value is -0.540. The average Bonchev–Trinajstić information content (AvgIpc) is 2.02. The standard InChI is InChI=1S/C11H15BrO2/c1-11(2,8-13-3)14-10-6-4-5-9(12)7-10/h4-7H,8H2,1-3H3. The number of rotatable bonds is 4. The first-order chi connectivity index (χ1) is 6.53. The van der Waals surface area contributed by atoms with Crippen LogP contribution in [0.4, 0.5) is 0 Å². The van der Waals surface area contributed by atoms with Gasteiger partial charge in [-0.1, -0.05) is 22.0 Å². The summed E-state index contributed by atoms with van der Waals surface area (Å²) >= 11 is 3.40. The highest BCUT2D eigenvalue weighted by Gasteiger charge is 2.19. The highest BCUT2D eigenvalue weighted by molar-refractivity contribution is 9.10. The molecule has 0 aliphatic carbocycles. The lowest BCUT2D eigenvalue weighted by Crippen LogP contribution is -2.33. The molecule has 0 fully saturated rings. The van der Waals surface area contributed by atoms with Gasteiger partial charge in [-0.25, -0.2) is 0 Å². The van der Waals surface area contributed by atoms with Gasteiger partial charge in [0, 0.05) is 11.6 Å². The molecule has 0 aromatic heterocycles. The lowest BCUT2D eigenvalue weighted by Gasteiger charge is -2.25. The molecule has 1 aromatic carbocycles. The largest absolute Gasteiger partial charge is 0.485 e. The molecule has 1 rings (SSSR count). The lowest BCUT2D eigenvalue weighted by atomic mass is 10.1. The van der Waals surface area contributed by atoms with Crippen LogP contribution in [0.25, 0.3) is 0 Å². The van der Waals surface area contributed by atoms with Gasteiger partial charge in [0.2, 0.25) is 0 Å². The number of hydrogen-bond donors (Lipinski definition) is 0. The van der Waals surface area contributed by atoms with Gasteiger partial charge < -0.3 is 9.47 Å². The molecule has 0 radical (unpaired) electrons. The third kappa shape index (κ3) is 3.68. The molecule has 0 N–H and O–H groups in total. The predicted molar refractivity (Wildman–Crippen MR) is 60.7 cm³/mol. The van der Waals surface area contributed by atoms with E-state index in [-0.39, 0.29) is 5.60 Å². The summed E-state index contributed by atoms with van der Waals surface area (Å²) in [4.78, 5) is 0. The van der Waals surface area contributed by atoms with Crippen molar-refractivity contribution >= 4 is 15.9 Å². The van der Waals surface area contributed by atoms with Gasteiger partial charge in [0.1, 0.15) is 11.4 Å². The fourth-order valence-corrected chi connectivity index (χ4v) is 1.60. The van der Waals surface area contributed by atoms with Crippen LogP contribution in [-0.2, 0) is 4.74 Å². The molecule has 0 saturated carbocycles. The third-order valence-corrected chi connectivity index (χ3v) is 2.18. The quantitative estimate of drug-likeness (QED) is 0.826. The van der Waals surface area contributed by atoms with Gasteiger partial charge in [0.15, 0.2) is 0 Å². The maximum atomic E-state index is 5.77. The molecule has 14 heavy (non-hydrogen) atoms. The van der Waals surface area contributed by atoms with Crippen LogP contribution in [0.15, 0.2) is 28.7 Å². The van der Waals surface area contributed by atoms with Crippen molar-refractivity contribution in [3.8, 4) is 5.75 Å². The van der Waals surface area contributed by atoms with Crippen molar-refractivity contribution in [1.82, 2.24) is 0 Å². The maximum Gasteiger partial charge on any atom is 0.127 e. The van der Waals surface area contributed by atoms with Crippen molar-refractivity contribution in [3.63, 3.8) is 0 Å². The summed E-state index contributed by atoms with van der Waals surface area (Å²) in [6, 6.07) is 7.79. The van der Waals surface area contributed by atoms with E-state index in [1.54, 1.807) is 7.11 Å². The first kappa shape index (κ1) is 11.5. The molecule has 0 atom stereocenters. The molecule has 0 bridgehead atoms. The van der Waals surface area contributed by atoms with Crippen LogP contribution in [0.2, 0.25) is 0 Å². The Morgan fingerprint density at radius 3 is 2.64 bits per heavy atom. The first-order valence-electron chi connectivity index (χ1n) is 4.47. The molecule has 0 aliphatic heterocycles. The molecule has 0 spiro atoms. The van der Waals surface area contributed by atoms with Gasteiger partial charge in [-0.2, -0.15) is 0 Å². The van der Waals surface area contributed by atoms with Crippen LogP contribution in [0.1, 0.15) is 13.8 Å². The molecule has 1 aromatic rings. The molecule has 3 heteroatoms. The molecule has 0 amide bonds. The maximum absolute atomic E-state index is 5.77. The molecule has 0 aliphatic rings. The Morgan fingerprint density at radius 1 is 1.36 bits per heavy atom. The predicted octanol–water partition coefficient (Wildman–Crippen LogP) is 3.25. The average molecular weight is 259 g/mol. The first-order valence-corrected chi connectivity index (χ1v) is 5.26. The van der Waals surface area contributed by atoms with Crippen molar-refractivity contribution in [3.05, 3.63) is 28.7 Å². The number of halogens is 1. The minimum Gasteiger partial charge on any atom is -0.485 e. The van der Waals surface area contributed by atoms with E-state index in [9.17, 15) is 0 Å². The van der Waals surface area contributed by atoms with Crippen LogP contribution in [0.5, 0.6) is 5.75 Å². The Kier molecular flexibility index (Phi) is 3.96. The number of benzene rings is 1. The molecule has 0 unspecified atom stereocenters. The smallest absolute Gasteiger partial charge is 0.127 e. The summed E-state index contributed by atoms with van der Waals surface area (Å²) in [5.41, 5.74) is -0.296. The van der Waals surface area contributed by atoms with E-state index >= 15 is 0 Å². The summed E-state index contributed by atoms with van der Waals surface area (Å²) in [5, 5.41) is 0. The van der Waals surface area contributed by atoms with Crippen LogP contribution >= 0.6 is 15.9 Å². The van der Waals surface area contributed by atoms with Crippen molar-refractivity contribution in [1.29, 1.82) is 0 Å². The normalized spacial score (nSPS) is 11.4. The molecular formula is C11H15BrO2. The second kappa shape index (κ2) is 4.80. The Bertz CT molecular complexity index is 297. The van der Waals surface area contributed by atoms with Gasteiger partial charge in [-0.3, -0.25) is 0 Å². The Labute approximate surface area is 93.4 Å². The van der Waals surface area contributed by atoms with Gasteiger partial charge in [0.25, 0.3) is 0 Å². The monoisotopic (exact) mass is 258 g/mol. The lowest BCUT2D eigenvalue weighted by molar-refractivity contribution is 0.0180. The topological polar surface area (TPSA) is 18.5 Å². The van der Waals surface area contributed by atoms with E-state index in [2.05, 4.69) is 15.9 Å². The van der Waals surface area contributed by atoms with Gasteiger partial charge in [0.05, 0.1) is 6.61 Å². The Balaban J connectivity index is 2.68. The summed E-state index contributed by atoms with van der Waals surface area (Å²) < 4.78 is 11.9. The van der Waals surface area contributed by atoms with E-state index in [0.717, 1.165) is 10.2 Å². The molecule has 2 nitrogen and oxygen atoms in total. The molecule has 0 heterocycles. The summed E-state index contributed by atoms with van der Waals surface area (Å²) in [5.74, 6) is 0.849. The molecule has 0 saturated heterocycles. The van der Waals surface area contributed by atoms with Crippen molar-refractivity contribution in [2.75, 3.05) is 13.7 Å². The fraction of sp³-hybridized carbons (Fsp3) is 0.455. The minimum atomic E-state index is -0.296. The highest BCUT2D eigenvalue weighted by Crippen LogP contribution is 2.22. The van der Waals surface area contributed by atoms with Crippen LogP contribution < -0.4 is 4.74 Å². The van der Waals surface area contributed by atoms with E-state index in [4.69, 9.17) is 9.47 Å². The van der Waals surface area contributed by atoms with E-state index in [1.807, 2.05) is 38.1 Å². The van der Waals surface area contributed by atoms with Crippen molar-refractivity contribution < 1.29 is 9.47 Å². The van der Waals surface area contributed by atoms with Gasteiger partial charge in [-0.05, 0) is 32.0 Å². The zero-order chi connectivity index (χ0) is 10.6. The third-order valence-electron chi connectivity index (χ3n) is 1.68. The minimum absolute atomic E-state index is 0.296. The zero-order valence-corrected chi connectivity index (χ0v) is 10.3. The number of hydrogen-bond acceptors (Lipinski definition) is 2. The highest BCUT2D eigenvalue weighted by atomic mass is 79.9. The van der Waals surface area contributed by atoms with Crippen molar-refractivity contribution in [2.45, 2.75) is 19.4 Å². The summed E-state index contributed by atoms with van der Waals surface area (Å²) in [6.45, 7) is 4.56. The number of methoxy groups -OCH3 is 1. The van der Waals surface area contributed by atoms with E-state index < -0.39 is 0 Å². The zero-order valence-electron chi connectivity index (χ0n) is 8.71. The van der Waals surface area contributed by atoms with E-state index in [1.165, 1.54) is 0 Å². The van der Waals surface area contributed by atoms with Crippen LogP contribution in [0, 0.1) is 0 Å². The van der Waals surface area contributed by atoms with Gasteiger partial charge in [-0.15, -0.1) is 0 Å². The second-order valence-electron chi connectivity index (χ2n) is 3.75. The molecule has 78 valence electrons. The van der Waals surface area contributed by atoms with Crippen LogP contribution in [-0.4, -0.2) is 19.3 Å².